The molecule has 0 aliphatic carbocycles. The van der Waals surface area contributed by atoms with Gasteiger partial charge in [-0.05, 0) is 45.1 Å². The number of fused-ring (bicyclic) bond motifs is 2. The minimum absolute atomic E-state index is 0.0838. The molecule has 13 heteroatoms. The van der Waals surface area contributed by atoms with E-state index in [1.54, 1.807) is 35.1 Å². The summed E-state index contributed by atoms with van der Waals surface area (Å²) in [6.07, 6.45) is 5.59. The highest BCUT2D eigenvalue weighted by molar-refractivity contribution is 5.99. The van der Waals surface area contributed by atoms with Crippen LogP contribution in [0.5, 0.6) is 6.01 Å². The second-order valence-corrected chi connectivity index (χ2v) is 12.7. The molecule has 2 aromatic carbocycles. The lowest BCUT2D eigenvalue weighted by Crippen LogP contribution is -2.51. The van der Waals surface area contributed by atoms with Crippen molar-refractivity contribution >= 4 is 39.5 Å². The van der Waals surface area contributed by atoms with Crippen LogP contribution in [0.2, 0.25) is 0 Å². The molecule has 0 bridgehead atoms. The second kappa shape index (κ2) is 12.3. The van der Waals surface area contributed by atoms with Crippen LogP contribution >= 0.6 is 0 Å². The zero-order valence-electron chi connectivity index (χ0n) is 26.8. The molecule has 0 saturated carbocycles. The minimum atomic E-state index is -1.09. The van der Waals surface area contributed by atoms with Crippen molar-refractivity contribution in [3.8, 4) is 17.3 Å². The number of hydrogen-bond donors (Lipinski definition) is 0. The Morgan fingerprint density at radius 2 is 1.83 bits per heavy atom. The number of nitrogens with zero attached hydrogens (tertiary/aromatic N) is 6. The fraction of sp³-hybridized carbons (Fsp3) is 0.382. The van der Waals surface area contributed by atoms with Gasteiger partial charge in [0.1, 0.15) is 22.6 Å². The minimum Gasteiger partial charge on any atom is -0.467 e. The molecule has 2 aliphatic heterocycles. The maximum atomic E-state index is 16.2. The van der Waals surface area contributed by atoms with Gasteiger partial charge in [0.2, 0.25) is 5.91 Å². The van der Waals surface area contributed by atoms with E-state index in [0.29, 0.717) is 42.6 Å². The Labute approximate surface area is 269 Å². The first-order valence-corrected chi connectivity index (χ1v) is 15.3. The predicted octanol–water partition coefficient (Wildman–Crippen LogP) is 5.87. The number of carbonyl (C=O) groups is 2. The summed E-state index contributed by atoms with van der Waals surface area (Å²) in [6, 6.07) is 6.68. The lowest BCUT2D eigenvalue weighted by molar-refractivity contribution is -0.125. The topological polar surface area (TPSA) is 101 Å². The van der Waals surface area contributed by atoms with Gasteiger partial charge in [-0.3, -0.25) is 9.78 Å². The Balaban J connectivity index is 1.23. The van der Waals surface area contributed by atoms with Crippen LogP contribution in [-0.4, -0.2) is 88.2 Å². The molecule has 2 atom stereocenters. The van der Waals surface area contributed by atoms with Crippen LogP contribution in [0.3, 0.4) is 0 Å². The van der Waals surface area contributed by atoms with Crippen LogP contribution in [-0.2, 0) is 9.53 Å². The summed E-state index contributed by atoms with van der Waals surface area (Å²) in [7, 11) is 3.15. The molecule has 246 valence electrons. The number of aromatic nitrogens is 3. The standard InChI is InChI=1S/C34H35F3N6O4/c1-34(2,3)47-33(45)43-16-14-20(43)10-12-25(44)42-15-13-21(18-42)41(4)31-23-17-38-29(28(37)30(23)39-32(40-31)46-5)22-8-6-7-19-9-11-24(35)27(36)26(19)22/h6-12,17,20-21H,13-16,18H2,1-5H3/b12-10+/t20-,21?/m1/s1. The molecule has 47 heavy (non-hydrogen) atoms. The number of halogens is 3. The lowest BCUT2D eigenvalue weighted by Gasteiger charge is -2.39. The van der Waals surface area contributed by atoms with Crippen LogP contribution in [0.15, 0.2) is 48.7 Å². The van der Waals surface area contributed by atoms with Crippen molar-refractivity contribution in [1.29, 1.82) is 0 Å². The number of methoxy groups -OCH3 is 1. The molecule has 0 N–H and O–H groups in total. The van der Waals surface area contributed by atoms with Crippen molar-refractivity contribution in [1.82, 2.24) is 24.8 Å². The van der Waals surface area contributed by atoms with Crippen molar-refractivity contribution in [2.45, 2.75) is 51.3 Å². The van der Waals surface area contributed by atoms with Crippen molar-refractivity contribution in [3.63, 3.8) is 0 Å². The Kier molecular flexibility index (Phi) is 8.41. The van der Waals surface area contributed by atoms with Gasteiger partial charge in [-0.1, -0.05) is 30.3 Å². The number of rotatable bonds is 6. The predicted molar refractivity (Wildman–Crippen MR) is 171 cm³/mol. The third-order valence-corrected chi connectivity index (χ3v) is 8.53. The largest absolute Gasteiger partial charge is 0.467 e. The van der Waals surface area contributed by atoms with Crippen molar-refractivity contribution in [3.05, 3.63) is 66.1 Å². The fourth-order valence-electron chi connectivity index (χ4n) is 5.96. The first-order valence-electron chi connectivity index (χ1n) is 15.3. The van der Waals surface area contributed by atoms with Gasteiger partial charge in [-0.2, -0.15) is 9.97 Å². The Bertz CT molecular complexity index is 1910. The molecular formula is C34H35F3N6O4. The van der Waals surface area contributed by atoms with Crippen molar-refractivity contribution in [2.75, 3.05) is 38.7 Å². The van der Waals surface area contributed by atoms with E-state index in [-0.39, 0.29) is 46.2 Å². The summed E-state index contributed by atoms with van der Waals surface area (Å²) in [5, 5.41) is 0.598. The van der Waals surface area contributed by atoms with Gasteiger partial charge in [-0.25, -0.2) is 18.0 Å². The number of likely N-dealkylation sites (tertiary alicyclic amines) is 2. The monoisotopic (exact) mass is 648 g/mol. The number of likely N-dealkylation sites (N-methyl/N-ethyl adjacent to an activating group) is 1. The van der Waals surface area contributed by atoms with Gasteiger partial charge in [-0.15, -0.1) is 0 Å². The molecule has 2 aromatic heterocycles. The first-order chi connectivity index (χ1) is 22.4. The smallest absolute Gasteiger partial charge is 0.410 e. The number of carbonyl (C=O) groups excluding carboxylic acids is 2. The summed E-state index contributed by atoms with van der Waals surface area (Å²) < 4.78 is 56.1. The second-order valence-electron chi connectivity index (χ2n) is 12.7. The van der Waals surface area contributed by atoms with Crippen molar-refractivity contribution < 1.29 is 32.2 Å². The molecule has 2 fully saturated rings. The average Bonchev–Trinajstić information content (AvgIpc) is 3.51. The molecule has 4 heterocycles. The van der Waals surface area contributed by atoms with Crippen LogP contribution in [0.4, 0.5) is 23.8 Å². The molecule has 4 aromatic rings. The van der Waals surface area contributed by atoms with Crippen LogP contribution < -0.4 is 9.64 Å². The fourth-order valence-corrected chi connectivity index (χ4v) is 5.96. The Hall–Kier alpha value is -4.94. The van der Waals surface area contributed by atoms with Gasteiger partial charge in [0.15, 0.2) is 17.5 Å². The Morgan fingerprint density at radius 3 is 2.53 bits per heavy atom. The third-order valence-electron chi connectivity index (χ3n) is 8.53. The molecule has 1 unspecified atom stereocenters. The van der Waals surface area contributed by atoms with Crippen LogP contribution in [0, 0.1) is 17.5 Å². The zero-order valence-corrected chi connectivity index (χ0v) is 26.8. The van der Waals surface area contributed by atoms with Crippen molar-refractivity contribution in [2.24, 2.45) is 0 Å². The van der Waals surface area contributed by atoms with E-state index in [1.165, 1.54) is 31.5 Å². The summed E-state index contributed by atoms with van der Waals surface area (Å²) >= 11 is 0. The number of pyridine rings is 1. The van der Waals surface area contributed by atoms with Gasteiger partial charge in [0.25, 0.3) is 0 Å². The van der Waals surface area contributed by atoms with E-state index in [0.717, 1.165) is 12.5 Å². The molecule has 2 amide bonds. The normalized spacial score (nSPS) is 18.2. The van der Waals surface area contributed by atoms with E-state index in [1.807, 2.05) is 25.7 Å². The van der Waals surface area contributed by atoms with Gasteiger partial charge >= 0.3 is 12.1 Å². The summed E-state index contributed by atoms with van der Waals surface area (Å²) in [5.74, 6) is -2.82. The molecule has 2 saturated heterocycles. The maximum absolute atomic E-state index is 16.2. The summed E-state index contributed by atoms with van der Waals surface area (Å²) in [5.41, 5.74) is -0.807. The number of amides is 2. The van der Waals surface area contributed by atoms with E-state index in [9.17, 15) is 18.4 Å². The highest BCUT2D eigenvalue weighted by Crippen LogP contribution is 2.36. The van der Waals surface area contributed by atoms with E-state index in [2.05, 4.69) is 15.0 Å². The molecule has 6 rings (SSSR count). The SMILES string of the molecule is COc1nc(N(C)C2CCN(C(=O)/C=C/[C@@H]3CCN3C(=O)OC(C)(C)C)C2)c2cnc(-c3cccc4ccc(F)c(F)c34)c(F)c2n1. The maximum Gasteiger partial charge on any atom is 0.410 e. The highest BCUT2D eigenvalue weighted by atomic mass is 19.2. The molecule has 10 nitrogen and oxygen atoms in total. The van der Waals surface area contributed by atoms with Gasteiger partial charge in [0, 0.05) is 55.9 Å². The Morgan fingerprint density at radius 1 is 1.04 bits per heavy atom. The van der Waals surface area contributed by atoms with E-state index < -0.39 is 29.1 Å². The molecule has 0 radical (unpaired) electrons. The van der Waals surface area contributed by atoms with E-state index in [4.69, 9.17) is 9.47 Å². The number of anilines is 1. The summed E-state index contributed by atoms with van der Waals surface area (Å²) in [6.45, 7) is 6.86. The lowest BCUT2D eigenvalue weighted by atomic mass is 10.00. The number of ether oxygens (including phenoxy) is 2. The van der Waals surface area contributed by atoms with Crippen LogP contribution in [0.1, 0.15) is 33.6 Å². The average molecular weight is 649 g/mol. The van der Waals surface area contributed by atoms with E-state index >= 15 is 4.39 Å². The molecular weight excluding hydrogens is 613 g/mol. The van der Waals surface area contributed by atoms with Gasteiger partial charge in [0.05, 0.1) is 18.5 Å². The van der Waals surface area contributed by atoms with Crippen LogP contribution in [0.25, 0.3) is 32.9 Å². The zero-order chi connectivity index (χ0) is 33.6. The first kappa shape index (κ1) is 32.0. The number of hydrogen-bond acceptors (Lipinski definition) is 8. The number of benzene rings is 2. The molecule has 2 aliphatic rings. The summed E-state index contributed by atoms with van der Waals surface area (Å²) in [4.78, 5) is 43.7. The molecule has 0 spiro atoms. The highest BCUT2D eigenvalue weighted by Gasteiger charge is 2.35. The van der Waals surface area contributed by atoms with Gasteiger partial charge < -0.3 is 24.2 Å². The third kappa shape index (κ3) is 6.13. The quantitative estimate of drug-likeness (QED) is 0.239.